The highest BCUT2D eigenvalue weighted by atomic mass is 31.2. The van der Waals surface area contributed by atoms with E-state index in [9.17, 15) is 24.4 Å². The van der Waals surface area contributed by atoms with E-state index in [4.69, 9.17) is 9.79 Å². The van der Waals surface area contributed by atoms with Crippen LogP contribution in [-0.2, 0) is 18.7 Å². The van der Waals surface area contributed by atoms with Gasteiger partial charge in [0.05, 0.1) is 6.10 Å². The molecular weight excluding hydrogens is 411 g/mol. The van der Waals surface area contributed by atoms with E-state index in [2.05, 4.69) is 11.4 Å². The third-order valence-electron chi connectivity index (χ3n) is 8.87. The second kappa shape index (κ2) is 7.06. The third-order valence-corrected chi connectivity index (χ3v) is 9.34. The zero-order chi connectivity index (χ0) is 22.1. The Morgan fingerprint density at radius 1 is 1.23 bits per heavy atom. The fraction of sp³-hybridized carbons (Fsp3) is 0.810. The molecule has 3 unspecified atom stereocenters. The summed E-state index contributed by atoms with van der Waals surface area (Å²) in [5, 5.41) is 22.7. The van der Waals surface area contributed by atoms with Gasteiger partial charge in [0, 0.05) is 11.8 Å². The third kappa shape index (κ3) is 3.19. The van der Waals surface area contributed by atoms with Crippen molar-refractivity contribution in [2.45, 2.75) is 70.5 Å². The zero-order valence-electron chi connectivity index (χ0n) is 17.4. The van der Waals surface area contributed by atoms with Gasteiger partial charge >= 0.3 is 7.82 Å². The Bertz CT molecular complexity index is 848. The van der Waals surface area contributed by atoms with Gasteiger partial charge in [-0.05, 0) is 67.8 Å². The average molecular weight is 442 g/mol. The molecule has 3 saturated carbocycles. The van der Waals surface area contributed by atoms with Crippen molar-refractivity contribution in [3.63, 3.8) is 0 Å². The molecule has 0 aromatic heterocycles. The van der Waals surface area contributed by atoms with Crippen molar-refractivity contribution in [3.05, 3.63) is 11.6 Å². The van der Waals surface area contributed by atoms with Crippen LogP contribution in [0.2, 0.25) is 0 Å². The molecule has 7 atom stereocenters. The van der Waals surface area contributed by atoms with E-state index < -0.39 is 37.3 Å². The van der Waals surface area contributed by atoms with E-state index in [1.54, 1.807) is 6.08 Å². The SMILES string of the molecule is C[C@]12CCC(=O)C=C1CCC1C2[C@@H](O)C[C@@]2(C)C1CC[C@]2(O)C(=O)COP(=O)(O)O. The van der Waals surface area contributed by atoms with Gasteiger partial charge in [0.15, 0.2) is 11.6 Å². The number of aliphatic hydroxyl groups is 2. The molecule has 4 aliphatic rings. The number of rotatable bonds is 4. The Hall–Kier alpha value is -0.890. The van der Waals surface area contributed by atoms with Gasteiger partial charge in [-0.3, -0.25) is 14.1 Å². The normalized spacial score (nSPS) is 45.9. The molecule has 8 nitrogen and oxygen atoms in total. The zero-order valence-corrected chi connectivity index (χ0v) is 18.3. The number of aliphatic hydroxyl groups excluding tert-OH is 1. The van der Waals surface area contributed by atoms with Crippen molar-refractivity contribution >= 4 is 19.4 Å². The van der Waals surface area contributed by atoms with Crippen LogP contribution in [0.4, 0.5) is 0 Å². The van der Waals surface area contributed by atoms with E-state index in [0.29, 0.717) is 19.3 Å². The molecule has 0 aliphatic heterocycles. The van der Waals surface area contributed by atoms with Crippen LogP contribution < -0.4 is 0 Å². The monoisotopic (exact) mass is 442 g/mol. The van der Waals surface area contributed by atoms with Crippen LogP contribution in [0.3, 0.4) is 0 Å². The van der Waals surface area contributed by atoms with Gasteiger partial charge in [0.1, 0.15) is 12.2 Å². The van der Waals surface area contributed by atoms with Crippen molar-refractivity contribution in [1.29, 1.82) is 0 Å². The second-order valence-corrected chi connectivity index (χ2v) is 11.4. The molecule has 0 aromatic rings. The first-order chi connectivity index (χ1) is 13.8. The van der Waals surface area contributed by atoms with Crippen LogP contribution in [0.1, 0.15) is 58.8 Å². The van der Waals surface area contributed by atoms with Crippen LogP contribution in [0, 0.1) is 28.6 Å². The molecule has 0 aromatic carbocycles. The van der Waals surface area contributed by atoms with Gasteiger partial charge in [-0.15, -0.1) is 0 Å². The topological polar surface area (TPSA) is 141 Å². The fourth-order valence-corrected chi connectivity index (χ4v) is 7.70. The Morgan fingerprint density at radius 3 is 2.60 bits per heavy atom. The largest absolute Gasteiger partial charge is 0.470 e. The molecule has 0 saturated heterocycles. The van der Waals surface area contributed by atoms with Crippen LogP contribution in [-0.4, -0.2) is 49.9 Å². The number of phosphoric ester groups is 1. The van der Waals surface area contributed by atoms with Gasteiger partial charge in [-0.1, -0.05) is 19.4 Å². The molecule has 0 heterocycles. The maximum atomic E-state index is 12.8. The number of Topliss-reactive ketones (excluding diaryl/α,β-unsaturated/α-hetero) is 1. The Labute approximate surface area is 175 Å². The maximum Gasteiger partial charge on any atom is 0.470 e. The highest BCUT2D eigenvalue weighted by Gasteiger charge is 2.68. The van der Waals surface area contributed by atoms with E-state index in [1.807, 2.05) is 6.92 Å². The highest BCUT2D eigenvalue weighted by molar-refractivity contribution is 7.46. The highest BCUT2D eigenvalue weighted by Crippen LogP contribution is 2.67. The summed E-state index contributed by atoms with van der Waals surface area (Å²) in [5.74, 6) is -0.522. The number of carbonyl (C=O) groups excluding carboxylic acids is 2. The number of allylic oxidation sites excluding steroid dienone is 1. The fourth-order valence-electron chi connectivity index (χ4n) is 7.41. The van der Waals surface area contributed by atoms with Crippen molar-refractivity contribution in [3.8, 4) is 0 Å². The van der Waals surface area contributed by atoms with Gasteiger partial charge in [0.25, 0.3) is 0 Å². The number of hydrogen-bond donors (Lipinski definition) is 4. The minimum Gasteiger partial charge on any atom is -0.393 e. The average Bonchev–Trinajstić information content (AvgIpc) is 2.91. The smallest absolute Gasteiger partial charge is 0.393 e. The second-order valence-electron chi connectivity index (χ2n) is 10.2. The van der Waals surface area contributed by atoms with E-state index in [1.165, 1.54) is 0 Å². The first-order valence-corrected chi connectivity index (χ1v) is 12.2. The molecule has 3 fully saturated rings. The van der Waals surface area contributed by atoms with Crippen LogP contribution in [0.5, 0.6) is 0 Å². The number of fused-ring (bicyclic) bond motifs is 5. The summed E-state index contributed by atoms with van der Waals surface area (Å²) in [4.78, 5) is 42.6. The Balaban J connectivity index is 1.64. The predicted molar refractivity (Wildman–Crippen MR) is 106 cm³/mol. The van der Waals surface area contributed by atoms with Crippen molar-refractivity contribution in [2.24, 2.45) is 28.6 Å². The lowest BCUT2D eigenvalue weighted by Crippen LogP contribution is -2.62. The molecule has 4 rings (SSSR count). The summed E-state index contributed by atoms with van der Waals surface area (Å²) in [7, 11) is -4.83. The molecule has 9 heteroatoms. The first kappa shape index (κ1) is 22.3. The van der Waals surface area contributed by atoms with Crippen molar-refractivity contribution in [1.82, 2.24) is 0 Å². The molecule has 4 N–H and O–H groups in total. The van der Waals surface area contributed by atoms with Gasteiger partial charge in [0.2, 0.25) is 0 Å². The summed E-state index contributed by atoms with van der Waals surface area (Å²) in [6.07, 6.45) is 4.79. The maximum absolute atomic E-state index is 12.8. The lowest BCUT2D eigenvalue weighted by molar-refractivity contribution is -0.182. The van der Waals surface area contributed by atoms with Gasteiger partial charge in [-0.2, -0.15) is 0 Å². The standard InChI is InChI=1S/C21H31O8P/c1-19-7-5-13(22)9-12(19)3-4-14-15-6-8-21(25,17(24)11-29-30(26,27)28)20(15,2)10-16(23)18(14)19/h9,14-16,18,23,25H,3-8,10-11H2,1-2H3,(H2,26,27,28)/t14?,15?,16-,18?,19-,20-,21-/m0/s1. The quantitative estimate of drug-likeness (QED) is 0.484. The Kier molecular flexibility index (Phi) is 5.25. The summed E-state index contributed by atoms with van der Waals surface area (Å²) < 4.78 is 15.4. The summed E-state index contributed by atoms with van der Waals surface area (Å²) in [5.41, 5.74) is -1.84. The first-order valence-electron chi connectivity index (χ1n) is 10.7. The number of carbonyl (C=O) groups is 2. The number of phosphoric acid groups is 1. The lowest BCUT2D eigenvalue weighted by atomic mass is 9.45. The molecule has 0 bridgehead atoms. The van der Waals surface area contributed by atoms with E-state index in [-0.39, 0.29) is 41.8 Å². The summed E-state index contributed by atoms with van der Waals surface area (Å²) >= 11 is 0. The van der Waals surface area contributed by atoms with E-state index in [0.717, 1.165) is 18.4 Å². The van der Waals surface area contributed by atoms with E-state index >= 15 is 0 Å². The van der Waals surface area contributed by atoms with Gasteiger partial charge < -0.3 is 20.0 Å². The minimum atomic E-state index is -4.83. The van der Waals surface area contributed by atoms with Gasteiger partial charge in [-0.25, -0.2) is 4.57 Å². The van der Waals surface area contributed by atoms with Crippen LogP contribution in [0.15, 0.2) is 11.6 Å². The number of ketones is 2. The molecule has 0 amide bonds. The lowest BCUT2D eigenvalue weighted by Gasteiger charge is -2.60. The van der Waals surface area contributed by atoms with Crippen LogP contribution >= 0.6 is 7.82 Å². The molecule has 0 spiro atoms. The molecular formula is C21H31O8P. The van der Waals surface area contributed by atoms with Crippen molar-refractivity contribution in [2.75, 3.05) is 6.61 Å². The summed E-state index contributed by atoms with van der Waals surface area (Å²) in [6, 6.07) is 0. The molecule has 4 aliphatic carbocycles. The minimum absolute atomic E-state index is 0.00547. The molecule has 168 valence electrons. The number of hydrogen-bond acceptors (Lipinski definition) is 6. The Morgan fingerprint density at radius 2 is 1.93 bits per heavy atom. The predicted octanol–water partition coefficient (Wildman–Crippen LogP) is 1.90. The summed E-state index contributed by atoms with van der Waals surface area (Å²) in [6.45, 7) is 3.09. The molecule has 0 radical (unpaired) electrons. The van der Waals surface area contributed by atoms with Crippen molar-refractivity contribution < 1.29 is 38.7 Å². The molecule has 30 heavy (non-hydrogen) atoms. The van der Waals surface area contributed by atoms with Crippen LogP contribution in [0.25, 0.3) is 0 Å².